The van der Waals surface area contributed by atoms with Gasteiger partial charge in [-0.2, -0.15) is 0 Å². The summed E-state index contributed by atoms with van der Waals surface area (Å²) in [5.41, 5.74) is 5.75. The van der Waals surface area contributed by atoms with Crippen LogP contribution in [0, 0.1) is 0 Å². The highest BCUT2D eigenvalue weighted by Gasteiger charge is 2.17. The van der Waals surface area contributed by atoms with Gasteiger partial charge in [-0.1, -0.05) is 0 Å². The first-order valence-corrected chi connectivity index (χ1v) is 7.18. The van der Waals surface area contributed by atoms with Gasteiger partial charge in [0.25, 0.3) is 5.91 Å². The Bertz CT molecular complexity index is 682. The molecule has 0 spiro atoms. The van der Waals surface area contributed by atoms with E-state index in [1.165, 1.54) is 11.3 Å². The summed E-state index contributed by atoms with van der Waals surface area (Å²) in [7, 11) is 1.58. The molecule has 0 bridgehead atoms. The molecule has 0 radical (unpaired) electrons. The Morgan fingerprint density at radius 2 is 1.86 bits per heavy atom. The Labute approximate surface area is 131 Å². The van der Waals surface area contributed by atoms with Gasteiger partial charge >= 0.3 is 0 Å². The molecule has 2 rings (SSSR count). The van der Waals surface area contributed by atoms with Gasteiger partial charge in [-0.05, 0) is 41.5 Å². The van der Waals surface area contributed by atoms with Gasteiger partial charge in [-0.25, -0.2) is 11.7 Å². The Morgan fingerprint density at radius 3 is 2.41 bits per heavy atom. The van der Waals surface area contributed by atoms with Crippen molar-refractivity contribution in [1.82, 2.24) is 10.9 Å². The molecule has 6 N–H and O–H groups in total. The number of carbonyl (C=O) groups is 2. The zero-order valence-corrected chi connectivity index (χ0v) is 12.7. The van der Waals surface area contributed by atoms with Crippen molar-refractivity contribution in [3.8, 4) is 16.2 Å². The SMILES string of the molecule is COc1ccc(-c2sc(C(=O)NN)cc2CC(=O)NN)cc1. The van der Waals surface area contributed by atoms with Crippen molar-refractivity contribution in [2.24, 2.45) is 11.7 Å². The Hall–Kier alpha value is -2.42. The number of ether oxygens (including phenoxy) is 1. The van der Waals surface area contributed by atoms with Gasteiger partial charge in [-0.3, -0.25) is 20.4 Å². The lowest BCUT2D eigenvalue weighted by atomic mass is 10.1. The van der Waals surface area contributed by atoms with E-state index in [-0.39, 0.29) is 12.3 Å². The molecule has 0 aliphatic rings. The highest BCUT2D eigenvalue weighted by atomic mass is 32.1. The number of hydrogen-bond acceptors (Lipinski definition) is 6. The number of nitrogen functional groups attached to an aromatic ring is 1. The number of hydrogen-bond donors (Lipinski definition) is 4. The van der Waals surface area contributed by atoms with E-state index in [4.69, 9.17) is 16.4 Å². The molecule has 0 aliphatic carbocycles. The molecule has 0 aliphatic heterocycles. The first-order valence-electron chi connectivity index (χ1n) is 6.36. The molecular formula is C14H16N4O3S. The highest BCUT2D eigenvalue weighted by Crippen LogP contribution is 2.34. The normalized spacial score (nSPS) is 10.1. The summed E-state index contributed by atoms with van der Waals surface area (Å²) in [6, 6.07) is 8.98. The number of amides is 2. The minimum atomic E-state index is -0.404. The van der Waals surface area contributed by atoms with Crippen molar-refractivity contribution in [1.29, 1.82) is 0 Å². The number of methoxy groups -OCH3 is 1. The summed E-state index contributed by atoms with van der Waals surface area (Å²) in [6.07, 6.45) is 0.0756. The molecule has 116 valence electrons. The lowest BCUT2D eigenvalue weighted by Gasteiger charge is -2.05. The molecule has 0 unspecified atom stereocenters. The molecule has 8 heteroatoms. The number of hydrazine groups is 2. The molecule has 1 aromatic carbocycles. The van der Waals surface area contributed by atoms with E-state index in [2.05, 4.69) is 10.9 Å². The van der Waals surface area contributed by atoms with Gasteiger partial charge < -0.3 is 4.74 Å². The van der Waals surface area contributed by atoms with Crippen molar-refractivity contribution in [2.45, 2.75) is 6.42 Å². The predicted octanol–water partition coefficient (Wildman–Crippen LogP) is 0.560. The van der Waals surface area contributed by atoms with Gasteiger partial charge in [0, 0.05) is 4.88 Å². The van der Waals surface area contributed by atoms with E-state index in [0.717, 1.165) is 16.2 Å². The number of nitrogens with two attached hydrogens (primary N) is 2. The van der Waals surface area contributed by atoms with Gasteiger partial charge in [0.2, 0.25) is 5.91 Å². The third kappa shape index (κ3) is 3.42. The molecule has 1 heterocycles. The summed E-state index contributed by atoms with van der Waals surface area (Å²) >= 11 is 1.26. The fourth-order valence-electron chi connectivity index (χ4n) is 1.95. The molecule has 1 aromatic heterocycles. The maximum Gasteiger partial charge on any atom is 0.275 e. The quantitative estimate of drug-likeness (QED) is 0.364. The van der Waals surface area contributed by atoms with E-state index in [1.54, 1.807) is 13.2 Å². The largest absolute Gasteiger partial charge is 0.497 e. The zero-order valence-electron chi connectivity index (χ0n) is 11.9. The molecule has 0 atom stereocenters. The average Bonchev–Trinajstić information content (AvgIpc) is 2.97. The van der Waals surface area contributed by atoms with Crippen LogP contribution >= 0.6 is 11.3 Å². The maximum absolute atomic E-state index is 11.7. The Morgan fingerprint density at radius 1 is 1.18 bits per heavy atom. The number of thiophene rings is 1. The molecule has 0 saturated heterocycles. The zero-order chi connectivity index (χ0) is 16.1. The van der Waals surface area contributed by atoms with Crippen molar-refractivity contribution >= 4 is 23.2 Å². The van der Waals surface area contributed by atoms with E-state index >= 15 is 0 Å². The van der Waals surface area contributed by atoms with Crippen LogP contribution in [0.3, 0.4) is 0 Å². The fourth-order valence-corrected chi connectivity index (χ4v) is 3.04. The third-order valence-electron chi connectivity index (χ3n) is 3.03. The van der Waals surface area contributed by atoms with Crippen LogP contribution in [0.15, 0.2) is 30.3 Å². The van der Waals surface area contributed by atoms with Crippen molar-refractivity contribution < 1.29 is 14.3 Å². The van der Waals surface area contributed by atoms with Crippen LogP contribution in [0.1, 0.15) is 15.2 Å². The third-order valence-corrected chi connectivity index (χ3v) is 4.25. The highest BCUT2D eigenvalue weighted by molar-refractivity contribution is 7.17. The summed E-state index contributed by atoms with van der Waals surface area (Å²) in [4.78, 5) is 24.5. The van der Waals surface area contributed by atoms with Gasteiger partial charge in [0.15, 0.2) is 0 Å². The van der Waals surface area contributed by atoms with E-state index in [0.29, 0.717) is 10.4 Å². The summed E-state index contributed by atoms with van der Waals surface area (Å²) in [5.74, 6) is 10.3. The first-order chi connectivity index (χ1) is 10.6. The van der Waals surface area contributed by atoms with Crippen LogP contribution in [0.2, 0.25) is 0 Å². The molecule has 2 amide bonds. The molecule has 0 saturated carbocycles. The second-order valence-corrected chi connectivity index (χ2v) is 5.46. The predicted molar refractivity (Wildman–Crippen MR) is 84.0 cm³/mol. The second kappa shape index (κ2) is 7.03. The van der Waals surface area contributed by atoms with Crippen LogP contribution in [0.25, 0.3) is 10.4 Å². The molecular weight excluding hydrogens is 304 g/mol. The van der Waals surface area contributed by atoms with Crippen molar-refractivity contribution in [3.05, 3.63) is 40.8 Å². The van der Waals surface area contributed by atoms with Crippen LogP contribution in [0.5, 0.6) is 5.75 Å². The lowest BCUT2D eigenvalue weighted by molar-refractivity contribution is -0.120. The standard InChI is InChI=1S/C14H16N4O3S/c1-21-10-4-2-8(3-5-10)13-9(7-12(19)17-15)6-11(22-13)14(20)18-16/h2-6H,7,15-16H2,1H3,(H,17,19)(H,18,20). The van der Waals surface area contributed by atoms with Crippen LogP contribution < -0.4 is 27.3 Å². The molecule has 2 aromatic rings. The molecule has 7 nitrogen and oxygen atoms in total. The van der Waals surface area contributed by atoms with Gasteiger partial charge in [-0.15, -0.1) is 11.3 Å². The number of benzene rings is 1. The van der Waals surface area contributed by atoms with Gasteiger partial charge in [0.1, 0.15) is 5.75 Å². The maximum atomic E-state index is 11.7. The number of rotatable bonds is 5. The average molecular weight is 320 g/mol. The van der Waals surface area contributed by atoms with E-state index in [1.807, 2.05) is 24.3 Å². The van der Waals surface area contributed by atoms with Crippen molar-refractivity contribution in [2.75, 3.05) is 7.11 Å². The minimum absolute atomic E-state index is 0.0756. The summed E-state index contributed by atoms with van der Waals surface area (Å²) in [6.45, 7) is 0. The Balaban J connectivity index is 2.43. The summed E-state index contributed by atoms with van der Waals surface area (Å²) in [5, 5.41) is 0. The van der Waals surface area contributed by atoms with Crippen LogP contribution in [-0.4, -0.2) is 18.9 Å². The molecule has 0 fully saturated rings. The summed E-state index contributed by atoms with van der Waals surface area (Å²) < 4.78 is 5.12. The monoisotopic (exact) mass is 320 g/mol. The van der Waals surface area contributed by atoms with Crippen LogP contribution in [0.4, 0.5) is 0 Å². The van der Waals surface area contributed by atoms with Gasteiger partial charge in [0.05, 0.1) is 18.4 Å². The first kappa shape index (κ1) is 16.0. The smallest absolute Gasteiger partial charge is 0.275 e. The molecule has 22 heavy (non-hydrogen) atoms. The van der Waals surface area contributed by atoms with E-state index in [9.17, 15) is 9.59 Å². The fraction of sp³-hybridized carbons (Fsp3) is 0.143. The lowest BCUT2D eigenvalue weighted by Crippen LogP contribution is -2.31. The van der Waals surface area contributed by atoms with E-state index < -0.39 is 5.91 Å². The topological polar surface area (TPSA) is 119 Å². The van der Waals surface area contributed by atoms with Crippen molar-refractivity contribution in [3.63, 3.8) is 0 Å². The number of carbonyl (C=O) groups excluding carboxylic acids is 2. The minimum Gasteiger partial charge on any atom is -0.497 e. The van der Waals surface area contributed by atoms with Crippen LogP contribution in [-0.2, 0) is 11.2 Å². The Kier molecular flexibility index (Phi) is 5.10. The second-order valence-electron chi connectivity index (χ2n) is 4.41. The number of nitrogens with one attached hydrogen (secondary N) is 2.